The Morgan fingerprint density at radius 2 is 1.43 bits per heavy atom. The van der Waals surface area contributed by atoms with E-state index in [0.717, 1.165) is 30.6 Å². The summed E-state index contributed by atoms with van der Waals surface area (Å²) in [7, 11) is 0. The second kappa shape index (κ2) is 14.1. The Balaban J connectivity index is 0.000000210. The lowest BCUT2D eigenvalue weighted by molar-refractivity contribution is 0.458. The van der Waals surface area contributed by atoms with Crippen molar-refractivity contribution in [3.8, 4) is 0 Å². The minimum atomic E-state index is 0.628. The van der Waals surface area contributed by atoms with Crippen molar-refractivity contribution in [2.75, 3.05) is 0 Å². The van der Waals surface area contributed by atoms with Crippen molar-refractivity contribution in [2.24, 2.45) is 17.8 Å². The molecule has 0 saturated carbocycles. The van der Waals surface area contributed by atoms with Gasteiger partial charge >= 0.3 is 0 Å². The van der Waals surface area contributed by atoms with Crippen LogP contribution in [-0.4, -0.2) is 9.97 Å². The van der Waals surface area contributed by atoms with Crippen molar-refractivity contribution < 1.29 is 4.42 Å². The molecule has 28 heavy (non-hydrogen) atoms. The van der Waals surface area contributed by atoms with Crippen LogP contribution >= 0.6 is 11.3 Å². The highest BCUT2D eigenvalue weighted by Crippen LogP contribution is 2.09. The van der Waals surface area contributed by atoms with Crippen molar-refractivity contribution in [2.45, 2.75) is 60.8 Å². The predicted molar refractivity (Wildman–Crippen MR) is 121 cm³/mol. The zero-order valence-corrected chi connectivity index (χ0v) is 19.1. The summed E-state index contributed by atoms with van der Waals surface area (Å²) in [6.07, 6.45) is 8.41. The smallest absolute Gasteiger partial charge is 0.194 e. The van der Waals surface area contributed by atoms with Gasteiger partial charge in [0.05, 0.1) is 11.2 Å². The maximum atomic E-state index is 5.03. The fourth-order valence-electron chi connectivity index (χ4n) is 2.49. The van der Waals surface area contributed by atoms with Crippen LogP contribution in [0.25, 0.3) is 0 Å². The van der Waals surface area contributed by atoms with Gasteiger partial charge in [0.2, 0.25) is 0 Å². The minimum Gasteiger partial charge on any atom is -0.449 e. The molecule has 2 heterocycles. The van der Waals surface area contributed by atoms with Gasteiger partial charge in [-0.15, -0.1) is 11.3 Å². The second-order valence-corrected chi connectivity index (χ2v) is 9.11. The molecule has 3 aromatic rings. The molecule has 0 amide bonds. The molecule has 0 N–H and O–H groups in total. The Morgan fingerprint density at radius 3 is 1.89 bits per heavy atom. The number of oxazole rings is 1. The Labute approximate surface area is 175 Å². The van der Waals surface area contributed by atoms with Gasteiger partial charge in [0.15, 0.2) is 5.89 Å². The lowest BCUT2D eigenvalue weighted by atomic mass is 10.0. The highest BCUT2D eigenvalue weighted by atomic mass is 32.1. The lowest BCUT2D eigenvalue weighted by Crippen LogP contribution is -1.92. The highest BCUT2D eigenvalue weighted by molar-refractivity contribution is 7.09. The quantitative estimate of drug-likeness (QED) is 0.443. The maximum Gasteiger partial charge on any atom is 0.194 e. The van der Waals surface area contributed by atoms with Gasteiger partial charge in [-0.05, 0) is 29.7 Å². The van der Waals surface area contributed by atoms with E-state index in [1.54, 1.807) is 23.8 Å². The van der Waals surface area contributed by atoms with Crippen LogP contribution in [-0.2, 0) is 19.3 Å². The van der Waals surface area contributed by atoms with E-state index in [9.17, 15) is 0 Å². The summed E-state index contributed by atoms with van der Waals surface area (Å²) in [5.41, 5.74) is 1.44. The van der Waals surface area contributed by atoms with E-state index in [0.29, 0.717) is 5.92 Å². The number of benzene rings is 1. The topological polar surface area (TPSA) is 38.9 Å². The zero-order chi connectivity index (χ0) is 20.8. The van der Waals surface area contributed by atoms with Gasteiger partial charge in [0, 0.05) is 24.4 Å². The van der Waals surface area contributed by atoms with E-state index >= 15 is 0 Å². The molecule has 154 valence electrons. The molecule has 3 nitrogen and oxygen atoms in total. The predicted octanol–water partition coefficient (Wildman–Crippen LogP) is 7.10. The van der Waals surface area contributed by atoms with Crippen LogP contribution in [0.15, 0.2) is 58.8 Å². The van der Waals surface area contributed by atoms with Gasteiger partial charge in [0.1, 0.15) is 6.26 Å². The van der Waals surface area contributed by atoms with Crippen LogP contribution in [0.3, 0.4) is 0 Å². The molecule has 0 spiro atoms. The first-order valence-electron chi connectivity index (χ1n) is 10.2. The van der Waals surface area contributed by atoms with Crippen molar-refractivity contribution in [3.63, 3.8) is 0 Å². The monoisotopic (exact) mass is 400 g/mol. The average Bonchev–Trinajstić information content (AvgIpc) is 3.29. The van der Waals surface area contributed by atoms with Crippen LogP contribution in [0.4, 0.5) is 0 Å². The number of rotatable bonds is 6. The molecule has 0 atom stereocenters. The first kappa shape index (κ1) is 24.1. The Bertz CT molecular complexity index is 649. The molecule has 1 aromatic carbocycles. The minimum absolute atomic E-state index is 0.628. The van der Waals surface area contributed by atoms with Crippen molar-refractivity contribution in [3.05, 3.63) is 70.8 Å². The lowest BCUT2D eigenvalue weighted by Gasteiger charge is -2.02. The standard InChI is InChI=1S/C10H14.C7H11NO.C7H11NS/c1-9(2)8-10-6-4-3-5-7-10;2*1-6(2)5-7-8-3-4-9-7/h3-7,9H,8H2,1-2H3;2*3-4,6H,5H2,1-2H3. The normalized spacial score (nSPS) is 10.5. The van der Waals surface area contributed by atoms with E-state index in [1.165, 1.54) is 17.0 Å². The van der Waals surface area contributed by atoms with Crippen LogP contribution in [0.5, 0.6) is 0 Å². The first-order chi connectivity index (χ1) is 13.4. The summed E-state index contributed by atoms with van der Waals surface area (Å²) in [4.78, 5) is 8.16. The van der Waals surface area contributed by atoms with Gasteiger partial charge in [0.25, 0.3) is 0 Å². The molecule has 0 aliphatic carbocycles. The molecule has 0 bridgehead atoms. The number of hydrogen-bond acceptors (Lipinski definition) is 4. The Kier molecular flexibility index (Phi) is 12.1. The summed E-state index contributed by atoms with van der Waals surface area (Å²) in [5.74, 6) is 2.96. The number of aromatic nitrogens is 2. The van der Waals surface area contributed by atoms with Crippen molar-refractivity contribution in [1.29, 1.82) is 0 Å². The van der Waals surface area contributed by atoms with Gasteiger partial charge in [-0.1, -0.05) is 71.9 Å². The Hall–Kier alpha value is -1.94. The molecule has 0 saturated heterocycles. The van der Waals surface area contributed by atoms with E-state index in [1.807, 2.05) is 11.6 Å². The van der Waals surface area contributed by atoms with Gasteiger partial charge in [-0.2, -0.15) is 0 Å². The third kappa shape index (κ3) is 12.4. The molecule has 2 aromatic heterocycles. The van der Waals surface area contributed by atoms with Crippen molar-refractivity contribution in [1.82, 2.24) is 9.97 Å². The van der Waals surface area contributed by atoms with E-state index < -0.39 is 0 Å². The third-order valence-electron chi connectivity index (χ3n) is 3.62. The molecule has 0 fully saturated rings. The fraction of sp³-hybridized carbons (Fsp3) is 0.500. The van der Waals surface area contributed by atoms with Crippen molar-refractivity contribution >= 4 is 11.3 Å². The van der Waals surface area contributed by atoms with E-state index in [-0.39, 0.29) is 0 Å². The largest absolute Gasteiger partial charge is 0.449 e. The van der Waals surface area contributed by atoms with E-state index in [4.69, 9.17) is 4.42 Å². The molecule has 0 aliphatic rings. The zero-order valence-electron chi connectivity index (χ0n) is 18.3. The SMILES string of the molecule is CC(C)Cc1ccccc1.CC(C)Cc1ncco1.CC(C)Cc1nccs1. The molecular formula is C24H36N2OS. The summed E-state index contributed by atoms with van der Waals surface area (Å²) >= 11 is 1.74. The first-order valence-corrected chi connectivity index (χ1v) is 11.0. The summed E-state index contributed by atoms with van der Waals surface area (Å²) in [5, 5.41) is 3.28. The van der Waals surface area contributed by atoms with Gasteiger partial charge in [-0.25, -0.2) is 9.97 Å². The molecular weight excluding hydrogens is 364 g/mol. The molecule has 0 radical (unpaired) electrons. The van der Waals surface area contributed by atoms with Gasteiger partial charge in [-0.3, -0.25) is 0 Å². The van der Waals surface area contributed by atoms with E-state index in [2.05, 4.69) is 81.8 Å². The summed E-state index contributed by atoms with van der Waals surface area (Å²) in [6, 6.07) is 10.6. The second-order valence-electron chi connectivity index (χ2n) is 8.13. The number of hydrogen-bond donors (Lipinski definition) is 0. The fourth-order valence-corrected chi connectivity index (χ4v) is 3.32. The van der Waals surface area contributed by atoms with Crippen LogP contribution in [0.1, 0.15) is 58.0 Å². The summed E-state index contributed by atoms with van der Waals surface area (Å²) < 4.78 is 5.03. The highest BCUT2D eigenvalue weighted by Gasteiger charge is 1.99. The van der Waals surface area contributed by atoms with Crippen LogP contribution < -0.4 is 0 Å². The molecule has 0 aliphatic heterocycles. The Morgan fingerprint density at radius 1 is 0.786 bits per heavy atom. The summed E-state index contributed by atoms with van der Waals surface area (Å²) in [6.45, 7) is 13.2. The number of thiazole rings is 1. The maximum absolute atomic E-state index is 5.03. The number of nitrogens with zero attached hydrogens (tertiary/aromatic N) is 2. The average molecular weight is 401 g/mol. The molecule has 3 rings (SSSR count). The third-order valence-corrected chi connectivity index (χ3v) is 4.42. The molecule has 0 unspecified atom stereocenters. The van der Waals surface area contributed by atoms with Crippen LogP contribution in [0, 0.1) is 17.8 Å². The molecule has 4 heteroatoms. The van der Waals surface area contributed by atoms with Crippen LogP contribution in [0.2, 0.25) is 0 Å². The van der Waals surface area contributed by atoms with Gasteiger partial charge < -0.3 is 4.42 Å².